The van der Waals surface area contributed by atoms with Crippen LogP contribution in [0.5, 0.6) is 5.75 Å². The summed E-state index contributed by atoms with van der Waals surface area (Å²) in [4.78, 5) is 19.4. The summed E-state index contributed by atoms with van der Waals surface area (Å²) in [6, 6.07) is 11.1. The van der Waals surface area contributed by atoms with Crippen molar-refractivity contribution in [1.29, 1.82) is 0 Å². The highest BCUT2D eigenvalue weighted by atomic mass is 32.2. The van der Waals surface area contributed by atoms with Gasteiger partial charge in [-0.2, -0.15) is 11.8 Å². The lowest BCUT2D eigenvalue weighted by Gasteiger charge is -2.32. The minimum Gasteiger partial charge on any atom is -0.487 e. The first-order valence-corrected chi connectivity index (χ1v) is 11.3. The Kier molecular flexibility index (Phi) is 6.22. The first-order valence-electron chi connectivity index (χ1n) is 9.87. The van der Waals surface area contributed by atoms with Crippen molar-refractivity contribution in [3.05, 3.63) is 59.9 Å². The molecule has 1 fully saturated rings. The summed E-state index contributed by atoms with van der Waals surface area (Å²) in [5.74, 6) is 0.373. The van der Waals surface area contributed by atoms with Crippen LogP contribution in [-0.2, 0) is 17.1 Å². The predicted molar refractivity (Wildman–Crippen MR) is 114 cm³/mol. The van der Waals surface area contributed by atoms with Crippen LogP contribution in [0.1, 0.15) is 18.7 Å². The van der Waals surface area contributed by atoms with Gasteiger partial charge in [0.15, 0.2) is 11.6 Å². The van der Waals surface area contributed by atoms with Crippen LogP contribution in [0.15, 0.2) is 42.5 Å². The first-order chi connectivity index (χ1) is 14.5. The number of likely N-dealkylation sites (tertiary alicyclic amines) is 1. The number of rotatable bonds is 6. The molecule has 0 saturated carbocycles. The number of hydrogen-bond donors (Lipinski definition) is 0. The van der Waals surface area contributed by atoms with Crippen LogP contribution in [-0.4, -0.2) is 45.8 Å². The van der Waals surface area contributed by atoms with E-state index in [0.29, 0.717) is 25.9 Å². The summed E-state index contributed by atoms with van der Waals surface area (Å²) in [6.07, 6.45) is 3.02. The van der Waals surface area contributed by atoms with Crippen molar-refractivity contribution in [2.75, 3.05) is 19.3 Å². The quantitative estimate of drug-likeness (QED) is 0.586. The molecule has 30 heavy (non-hydrogen) atoms. The normalized spacial score (nSPS) is 15.0. The fourth-order valence-corrected chi connectivity index (χ4v) is 4.23. The molecule has 2 aromatic carbocycles. The van der Waals surface area contributed by atoms with E-state index >= 15 is 0 Å². The number of carbonyl (C=O) groups excluding carboxylic acids is 1. The number of carbonyl (C=O) groups is 1. The summed E-state index contributed by atoms with van der Waals surface area (Å²) in [5, 5.41) is 0. The molecule has 0 radical (unpaired) electrons. The molecule has 0 aliphatic carbocycles. The van der Waals surface area contributed by atoms with Crippen molar-refractivity contribution in [2.45, 2.75) is 31.2 Å². The molecule has 0 bridgehead atoms. The molecule has 1 amide bonds. The van der Waals surface area contributed by atoms with E-state index in [1.807, 2.05) is 40.0 Å². The Morgan fingerprint density at radius 1 is 1.20 bits per heavy atom. The largest absolute Gasteiger partial charge is 0.487 e. The number of nitrogens with zero attached hydrogens (tertiary/aromatic N) is 3. The summed E-state index contributed by atoms with van der Waals surface area (Å²) < 4.78 is 34.5. The Bertz CT molecular complexity index is 1050. The molecule has 158 valence electrons. The van der Waals surface area contributed by atoms with Crippen molar-refractivity contribution in [1.82, 2.24) is 14.5 Å². The fourth-order valence-electron chi connectivity index (χ4n) is 3.75. The van der Waals surface area contributed by atoms with Crippen LogP contribution in [0.3, 0.4) is 0 Å². The Morgan fingerprint density at radius 3 is 2.70 bits per heavy atom. The highest BCUT2D eigenvalue weighted by Crippen LogP contribution is 2.24. The third kappa shape index (κ3) is 4.43. The molecule has 4 rings (SSSR count). The molecule has 1 saturated heterocycles. The Balaban J connectivity index is 1.39. The van der Waals surface area contributed by atoms with E-state index in [0.717, 1.165) is 28.7 Å². The zero-order chi connectivity index (χ0) is 21.1. The maximum atomic E-state index is 13.8. The second kappa shape index (κ2) is 9.04. The van der Waals surface area contributed by atoms with E-state index in [2.05, 4.69) is 4.98 Å². The van der Waals surface area contributed by atoms with Crippen LogP contribution in [0.4, 0.5) is 8.78 Å². The van der Waals surface area contributed by atoms with Gasteiger partial charge in [0.05, 0.1) is 16.8 Å². The second-order valence-electron chi connectivity index (χ2n) is 7.31. The summed E-state index contributed by atoms with van der Waals surface area (Å²) >= 11 is 1.67. The van der Waals surface area contributed by atoms with Crippen molar-refractivity contribution >= 4 is 28.7 Å². The third-order valence-electron chi connectivity index (χ3n) is 5.28. The number of ether oxygens (including phenoxy) is 1. The maximum Gasteiger partial charge on any atom is 0.242 e. The Morgan fingerprint density at radius 2 is 1.97 bits per heavy atom. The summed E-state index contributed by atoms with van der Waals surface area (Å²) in [5.41, 5.74) is 1.85. The Hall–Kier alpha value is -2.61. The number of para-hydroxylation sites is 2. The van der Waals surface area contributed by atoms with E-state index in [-0.39, 0.29) is 24.3 Å². The number of imidazole rings is 1. The number of halogens is 2. The average molecular weight is 432 g/mol. The van der Waals surface area contributed by atoms with Crippen LogP contribution in [0.25, 0.3) is 11.0 Å². The lowest BCUT2D eigenvalue weighted by Crippen LogP contribution is -2.43. The molecule has 0 unspecified atom stereocenters. The van der Waals surface area contributed by atoms with Crippen molar-refractivity contribution in [2.24, 2.45) is 0 Å². The van der Waals surface area contributed by atoms with Gasteiger partial charge in [0, 0.05) is 32.0 Å². The zero-order valence-corrected chi connectivity index (χ0v) is 17.5. The monoisotopic (exact) mass is 431 g/mol. The van der Waals surface area contributed by atoms with Crippen LogP contribution in [0, 0.1) is 11.6 Å². The molecule has 0 N–H and O–H groups in total. The fraction of sp³-hybridized carbons (Fsp3) is 0.364. The van der Waals surface area contributed by atoms with Crippen LogP contribution >= 0.6 is 11.8 Å². The molecule has 8 heteroatoms. The van der Waals surface area contributed by atoms with Crippen LogP contribution < -0.4 is 4.74 Å². The van der Waals surface area contributed by atoms with Gasteiger partial charge in [-0.1, -0.05) is 12.1 Å². The lowest BCUT2D eigenvalue weighted by atomic mass is 10.1. The average Bonchev–Trinajstić information content (AvgIpc) is 3.08. The first kappa shape index (κ1) is 20.7. The highest BCUT2D eigenvalue weighted by molar-refractivity contribution is 7.97. The van der Waals surface area contributed by atoms with Gasteiger partial charge in [0.25, 0.3) is 0 Å². The number of benzene rings is 2. The predicted octanol–water partition coefficient (Wildman–Crippen LogP) is 4.25. The van der Waals surface area contributed by atoms with E-state index in [4.69, 9.17) is 4.74 Å². The molecule has 0 spiro atoms. The summed E-state index contributed by atoms with van der Waals surface area (Å²) in [6.45, 7) is 1.32. The standard InChI is InChI=1S/C22H23F2N3O2S/c1-30-14-21-25-18-4-2-3-5-19(18)27(21)13-22(28)26-10-8-16(9-11-26)29-20-7-6-15(23)12-17(20)24/h2-7,12,16H,8-11,13-14H2,1H3. The molecule has 3 aromatic rings. The molecular formula is C22H23F2N3O2S. The van der Waals surface area contributed by atoms with Gasteiger partial charge < -0.3 is 14.2 Å². The number of hydrogen-bond acceptors (Lipinski definition) is 4. The van der Waals surface area contributed by atoms with Crippen molar-refractivity contribution in [3.63, 3.8) is 0 Å². The molecule has 0 atom stereocenters. The van der Waals surface area contributed by atoms with Gasteiger partial charge in [-0.15, -0.1) is 0 Å². The molecule has 2 heterocycles. The number of amides is 1. The van der Waals surface area contributed by atoms with E-state index in [1.165, 1.54) is 12.1 Å². The van der Waals surface area contributed by atoms with Gasteiger partial charge in [-0.3, -0.25) is 4.79 Å². The number of fused-ring (bicyclic) bond motifs is 1. The topological polar surface area (TPSA) is 47.4 Å². The molecule has 5 nitrogen and oxygen atoms in total. The minimum absolute atomic E-state index is 0.0342. The number of thioether (sulfide) groups is 1. The van der Waals surface area contributed by atoms with Gasteiger partial charge in [-0.05, 0) is 30.5 Å². The lowest BCUT2D eigenvalue weighted by molar-refractivity contribution is -0.133. The van der Waals surface area contributed by atoms with Gasteiger partial charge in [-0.25, -0.2) is 13.8 Å². The number of piperidine rings is 1. The third-order valence-corrected chi connectivity index (χ3v) is 5.83. The highest BCUT2D eigenvalue weighted by Gasteiger charge is 2.25. The SMILES string of the molecule is CSCc1nc2ccccc2n1CC(=O)N1CCC(Oc2ccc(F)cc2F)CC1. The Labute approximate surface area is 178 Å². The minimum atomic E-state index is -0.707. The smallest absolute Gasteiger partial charge is 0.242 e. The summed E-state index contributed by atoms with van der Waals surface area (Å²) in [7, 11) is 0. The van der Waals surface area contributed by atoms with Crippen LogP contribution in [0.2, 0.25) is 0 Å². The van der Waals surface area contributed by atoms with Gasteiger partial charge in [0.2, 0.25) is 5.91 Å². The second-order valence-corrected chi connectivity index (χ2v) is 8.17. The molecule has 1 aromatic heterocycles. The van der Waals surface area contributed by atoms with E-state index in [1.54, 1.807) is 11.8 Å². The van der Waals surface area contributed by atoms with Gasteiger partial charge in [0.1, 0.15) is 24.3 Å². The maximum absolute atomic E-state index is 13.8. The molecular weight excluding hydrogens is 408 g/mol. The van der Waals surface area contributed by atoms with Gasteiger partial charge >= 0.3 is 0 Å². The van der Waals surface area contributed by atoms with E-state index in [9.17, 15) is 13.6 Å². The zero-order valence-electron chi connectivity index (χ0n) is 16.7. The van der Waals surface area contributed by atoms with Crippen molar-refractivity contribution in [3.8, 4) is 5.75 Å². The molecule has 1 aliphatic rings. The molecule has 1 aliphatic heterocycles. The van der Waals surface area contributed by atoms with Crippen molar-refractivity contribution < 1.29 is 18.3 Å². The number of aromatic nitrogens is 2. The van der Waals surface area contributed by atoms with E-state index < -0.39 is 11.6 Å².